The minimum Gasteiger partial charge on any atom is -0.497 e. The highest BCUT2D eigenvalue weighted by Gasteiger charge is 2.07. The molecule has 0 bridgehead atoms. The van der Waals surface area contributed by atoms with E-state index in [2.05, 4.69) is 25.8 Å². The Hall–Kier alpha value is -2.04. The highest BCUT2D eigenvalue weighted by Crippen LogP contribution is 2.19. The average molecular weight is 475 g/mol. The van der Waals surface area contributed by atoms with Crippen LogP contribution < -0.4 is 20.1 Å². The van der Waals surface area contributed by atoms with Crippen LogP contribution in [0.25, 0.3) is 0 Å². The third-order valence-electron chi connectivity index (χ3n) is 3.23. The number of benzene rings is 1. The Morgan fingerprint density at radius 2 is 2.08 bits per heavy atom. The molecule has 0 aliphatic heterocycles. The van der Waals surface area contributed by atoms with Gasteiger partial charge >= 0.3 is 0 Å². The standard InChI is InChI=1S/C17H25N5O3.HI/c1-5-18-17(20-11-16-21-13(3)25-22-16)19-10-12(2)24-15-8-6-7-14(9-15)23-4;/h6-9,12H,5,10-11H2,1-4H3,(H2,18,19,20);1H. The number of methoxy groups -OCH3 is 1. The molecular formula is C17H26IN5O3. The molecule has 2 N–H and O–H groups in total. The van der Waals surface area contributed by atoms with Crippen LogP contribution in [0.5, 0.6) is 11.5 Å². The van der Waals surface area contributed by atoms with E-state index in [0.29, 0.717) is 30.8 Å². The number of hydrogen-bond donors (Lipinski definition) is 2. The van der Waals surface area contributed by atoms with Crippen LogP contribution in [-0.2, 0) is 6.54 Å². The smallest absolute Gasteiger partial charge is 0.223 e. The second-order valence-corrected chi connectivity index (χ2v) is 5.41. The molecule has 0 spiro atoms. The number of ether oxygens (including phenoxy) is 2. The summed E-state index contributed by atoms with van der Waals surface area (Å²) in [5, 5.41) is 10.2. The lowest BCUT2D eigenvalue weighted by molar-refractivity contribution is 0.223. The van der Waals surface area contributed by atoms with Crippen molar-refractivity contribution in [3.05, 3.63) is 36.0 Å². The molecule has 0 amide bonds. The van der Waals surface area contributed by atoms with Crippen LogP contribution in [0.15, 0.2) is 33.8 Å². The van der Waals surface area contributed by atoms with E-state index < -0.39 is 0 Å². The number of nitrogens with zero attached hydrogens (tertiary/aromatic N) is 3. The van der Waals surface area contributed by atoms with Crippen molar-refractivity contribution in [1.82, 2.24) is 20.8 Å². The molecule has 0 aliphatic rings. The van der Waals surface area contributed by atoms with Crippen LogP contribution in [0.4, 0.5) is 0 Å². The van der Waals surface area contributed by atoms with Crippen LogP contribution in [-0.4, -0.2) is 42.4 Å². The Labute approximate surface area is 170 Å². The van der Waals surface area contributed by atoms with E-state index in [1.807, 2.05) is 38.1 Å². The Morgan fingerprint density at radius 3 is 2.73 bits per heavy atom. The first kappa shape index (κ1) is 22.0. The summed E-state index contributed by atoms with van der Waals surface area (Å²) in [5.41, 5.74) is 0. The zero-order valence-corrected chi connectivity index (χ0v) is 17.8. The monoisotopic (exact) mass is 475 g/mol. The summed E-state index contributed by atoms with van der Waals surface area (Å²) in [7, 11) is 1.63. The van der Waals surface area contributed by atoms with E-state index in [9.17, 15) is 0 Å². The maximum absolute atomic E-state index is 5.89. The van der Waals surface area contributed by atoms with Gasteiger partial charge in [0.1, 0.15) is 24.1 Å². The van der Waals surface area contributed by atoms with Gasteiger partial charge in [-0.3, -0.25) is 0 Å². The van der Waals surface area contributed by atoms with Crippen LogP contribution in [0.2, 0.25) is 0 Å². The summed E-state index contributed by atoms with van der Waals surface area (Å²) >= 11 is 0. The van der Waals surface area contributed by atoms with Crippen molar-refractivity contribution in [3.8, 4) is 11.5 Å². The summed E-state index contributed by atoms with van der Waals surface area (Å²) in [6.07, 6.45) is -0.0524. The highest BCUT2D eigenvalue weighted by atomic mass is 127. The van der Waals surface area contributed by atoms with Gasteiger partial charge in [-0.25, -0.2) is 4.99 Å². The summed E-state index contributed by atoms with van der Waals surface area (Å²) in [5.74, 6) is 3.28. The molecule has 0 saturated heterocycles. The van der Waals surface area contributed by atoms with E-state index in [1.165, 1.54) is 0 Å². The maximum atomic E-state index is 5.89. The Bertz CT molecular complexity index is 693. The molecule has 0 aliphatic carbocycles. The van der Waals surface area contributed by atoms with Gasteiger partial charge in [-0.05, 0) is 26.0 Å². The minimum absolute atomic E-state index is 0. The quantitative estimate of drug-likeness (QED) is 0.344. The molecule has 9 heteroatoms. The lowest BCUT2D eigenvalue weighted by Gasteiger charge is -2.18. The van der Waals surface area contributed by atoms with Crippen molar-refractivity contribution >= 4 is 29.9 Å². The van der Waals surface area contributed by atoms with Gasteiger partial charge in [0.05, 0.1) is 13.7 Å². The second-order valence-electron chi connectivity index (χ2n) is 5.41. The molecule has 0 saturated carbocycles. The summed E-state index contributed by atoms with van der Waals surface area (Å²) in [4.78, 5) is 8.57. The number of aromatic nitrogens is 2. The molecule has 144 valence electrons. The van der Waals surface area contributed by atoms with Gasteiger partial charge in [-0.2, -0.15) is 4.98 Å². The fourth-order valence-corrected chi connectivity index (χ4v) is 2.09. The van der Waals surface area contributed by atoms with Gasteiger partial charge in [-0.15, -0.1) is 24.0 Å². The average Bonchev–Trinajstić information content (AvgIpc) is 3.03. The molecule has 8 nitrogen and oxygen atoms in total. The number of rotatable bonds is 8. The summed E-state index contributed by atoms with van der Waals surface area (Å²) in [6.45, 7) is 7.43. The Balaban J connectivity index is 0.00000338. The molecule has 1 aromatic heterocycles. The van der Waals surface area contributed by atoms with Gasteiger partial charge < -0.3 is 24.6 Å². The van der Waals surface area contributed by atoms with Gasteiger partial charge in [0.15, 0.2) is 11.8 Å². The van der Waals surface area contributed by atoms with E-state index in [4.69, 9.17) is 14.0 Å². The second kappa shape index (κ2) is 11.6. The Kier molecular flexibility index (Phi) is 9.78. The van der Waals surface area contributed by atoms with Gasteiger partial charge in [-0.1, -0.05) is 11.2 Å². The van der Waals surface area contributed by atoms with Crippen LogP contribution in [0, 0.1) is 6.92 Å². The molecular weight excluding hydrogens is 449 g/mol. The first-order chi connectivity index (χ1) is 12.1. The summed E-state index contributed by atoms with van der Waals surface area (Å²) in [6, 6.07) is 7.53. The molecule has 0 fully saturated rings. The van der Waals surface area contributed by atoms with Crippen molar-refractivity contribution in [3.63, 3.8) is 0 Å². The molecule has 1 unspecified atom stereocenters. The van der Waals surface area contributed by atoms with Crippen LogP contribution in [0.3, 0.4) is 0 Å². The first-order valence-corrected chi connectivity index (χ1v) is 8.22. The molecule has 0 radical (unpaired) electrons. The van der Waals surface area contributed by atoms with Crippen molar-refractivity contribution in [2.24, 2.45) is 4.99 Å². The van der Waals surface area contributed by atoms with Crippen molar-refractivity contribution in [2.75, 3.05) is 20.2 Å². The van der Waals surface area contributed by atoms with Crippen molar-refractivity contribution < 1.29 is 14.0 Å². The number of nitrogens with one attached hydrogen (secondary N) is 2. The largest absolute Gasteiger partial charge is 0.497 e. The Morgan fingerprint density at radius 1 is 1.31 bits per heavy atom. The molecule has 2 aromatic rings. The molecule has 1 heterocycles. The summed E-state index contributed by atoms with van der Waals surface area (Å²) < 4.78 is 16.0. The zero-order valence-electron chi connectivity index (χ0n) is 15.5. The van der Waals surface area contributed by atoms with Crippen LogP contribution >= 0.6 is 24.0 Å². The predicted molar refractivity (Wildman–Crippen MR) is 110 cm³/mol. The third kappa shape index (κ3) is 7.46. The highest BCUT2D eigenvalue weighted by molar-refractivity contribution is 14.0. The number of hydrogen-bond acceptors (Lipinski definition) is 6. The topological polar surface area (TPSA) is 93.8 Å². The van der Waals surface area contributed by atoms with Gasteiger partial charge in [0.25, 0.3) is 0 Å². The van der Waals surface area contributed by atoms with Gasteiger partial charge in [0.2, 0.25) is 5.89 Å². The fraction of sp³-hybridized carbons (Fsp3) is 0.471. The lowest BCUT2D eigenvalue weighted by atomic mass is 10.3. The number of halogens is 1. The SMILES string of the molecule is CCNC(=NCc1noc(C)n1)NCC(C)Oc1cccc(OC)c1.I. The van der Waals surface area contributed by atoms with E-state index in [0.717, 1.165) is 18.0 Å². The lowest BCUT2D eigenvalue weighted by Crippen LogP contribution is -2.41. The first-order valence-electron chi connectivity index (χ1n) is 8.22. The molecule has 26 heavy (non-hydrogen) atoms. The predicted octanol–water partition coefficient (Wildman–Crippen LogP) is 2.53. The van der Waals surface area contributed by atoms with Gasteiger partial charge in [0, 0.05) is 19.5 Å². The van der Waals surface area contributed by atoms with E-state index >= 15 is 0 Å². The fourth-order valence-electron chi connectivity index (χ4n) is 2.09. The number of aryl methyl sites for hydroxylation is 1. The van der Waals surface area contributed by atoms with E-state index in [1.54, 1.807) is 14.0 Å². The molecule has 1 atom stereocenters. The third-order valence-corrected chi connectivity index (χ3v) is 3.23. The zero-order chi connectivity index (χ0) is 18.1. The van der Waals surface area contributed by atoms with E-state index in [-0.39, 0.29) is 30.1 Å². The van der Waals surface area contributed by atoms with Crippen molar-refractivity contribution in [1.29, 1.82) is 0 Å². The number of guanidine groups is 1. The molecule has 1 aromatic carbocycles. The maximum Gasteiger partial charge on any atom is 0.223 e. The normalized spacial score (nSPS) is 12.1. The number of aliphatic imine (C=N–C) groups is 1. The minimum atomic E-state index is -0.0524. The van der Waals surface area contributed by atoms with Crippen molar-refractivity contribution in [2.45, 2.75) is 33.4 Å². The molecule has 2 rings (SSSR count). The van der Waals surface area contributed by atoms with Crippen LogP contribution in [0.1, 0.15) is 25.6 Å².